The zero-order valence-electron chi connectivity index (χ0n) is 13.7. The molecule has 3 rings (SSSR count). The van der Waals surface area contributed by atoms with Crippen LogP contribution in [0.5, 0.6) is 11.5 Å². The number of carbonyl (C=O) groups is 1. The Morgan fingerprint density at radius 1 is 1.12 bits per heavy atom. The van der Waals surface area contributed by atoms with E-state index in [0.717, 1.165) is 15.8 Å². The lowest BCUT2D eigenvalue weighted by Crippen LogP contribution is -2.26. The van der Waals surface area contributed by atoms with Gasteiger partial charge in [0.05, 0.1) is 36.0 Å². The maximum Gasteiger partial charge on any atom is 0.251 e. The minimum atomic E-state index is -0.158. The van der Waals surface area contributed by atoms with Crippen molar-refractivity contribution in [3.05, 3.63) is 53.0 Å². The molecule has 0 radical (unpaired) electrons. The Morgan fingerprint density at radius 2 is 1.92 bits per heavy atom. The summed E-state index contributed by atoms with van der Waals surface area (Å²) in [6.07, 6.45) is 0. The summed E-state index contributed by atoms with van der Waals surface area (Å²) in [5.74, 6) is 1.19. The molecule has 1 aromatic heterocycles. The molecule has 1 amide bonds. The van der Waals surface area contributed by atoms with Crippen LogP contribution >= 0.6 is 11.3 Å². The molecule has 0 bridgehead atoms. The summed E-state index contributed by atoms with van der Waals surface area (Å²) >= 11 is 1.52. The Balaban J connectivity index is 1.78. The fourth-order valence-corrected chi connectivity index (χ4v) is 3.20. The quantitative estimate of drug-likeness (QED) is 0.766. The molecule has 124 valence electrons. The molecule has 1 heterocycles. The molecule has 24 heavy (non-hydrogen) atoms. The molecule has 5 nitrogen and oxygen atoms in total. The van der Waals surface area contributed by atoms with E-state index in [1.165, 1.54) is 11.3 Å². The summed E-state index contributed by atoms with van der Waals surface area (Å²) in [5.41, 5.74) is 4.25. The van der Waals surface area contributed by atoms with Gasteiger partial charge in [-0.05, 0) is 42.8 Å². The van der Waals surface area contributed by atoms with Gasteiger partial charge in [0.1, 0.15) is 0 Å². The molecule has 0 aliphatic heterocycles. The van der Waals surface area contributed by atoms with Crippen molar-refractivity contribution in [1.82, 2.24) is 10.3 Å². The number of hydrogen-bond acceptors (Lipinski definition) is 5. The van der Waals surface area contributed by atoms with Gasteiger partial charge in [-0.1, -0.05) is 6.07 Å². The molecule has 0 fully saturated rings. The number of fused-ring (bicyclic) bond motifs is 1. The van der Waals surface area contributed by atoms with Gasteiger partial charge in [0.15, 0.2) is 11.5 Å². The van der Waals surface area contributed by atoms with Crippen molar-refractivity contribution in [1.29, 1.82) is 0 Å². The number of carbonyl (C=O) groups excluding carboxylic acids is 1. The third-order valence-electron chi connectivity index (χ3n) is 3.85. The first-order valence-corrected chi connectivity index (χ1v) is 8.36. The van der Waals surface area contributed by atoms with E-state index in [1.807, 2.05) is 37.3 Å². The van der Waals surface area contributed by atoms with Crippen LogP contribution in [0, 0.1) is 0 Å². The molecule has 0 saturated carbocycles. The Labute approximate surface area is 144 Å². The zero-order valence-corrected chi connectivity index (χ0v) is 14.5. The van der Waals surface area contributed by atoms with Crippen molar-refractivity contribution in [2.75, 3.05) is 14.2 Å². The van der Waals surface area contributed by atoms with Gasteiger partial charge >= 0.3 is 0 Å². The summed E-state index contributed by atoms with van der Waals surface area (Å²) < 4.78 is 11.6. The van der Waals surface area contributed by atoms with Crippen molar-refractivity contribution in [3.63, 3.8) is 0 Å². The molecular weight excluding hydrogens is 324 g/mol. The van der Waals surface area contributed by atoms with Crippen LogP contribution in [0.25, 0.3) is 10.2 Å². The van der Waals surface area contributed by atoms with Crippen molar-refractivity contribution in [2.45, 2.75) is 13.0 Å². The number of nitrogens with one attached hydrogen (secondary N) is 1. The van der Waals surface area contributed by atoms with Crippen molar-refractivity contribution >= 4 is 27.5 Å². The largest absolute Gasteiger partial charge is 0.493 e. The van der Waals surface area contributed by atoms with Gasteiger partial charge in [0.25, 0.3) is 5.91 Å². The maximum absolute atomic E-state index is 12.5. The predicted molar refractivity (Wildman–Crippen MR) is 95.0 cm³/mol. The molecule has 3 aromatic rings. The second kappa shape index (κ2) is 6.88. The highest BCUT2D eigenvalue weighted by molar-refractivity contribution is 7.16. The molecular formula is C18H18N2O3S. The van der Waals surface area contributed by atoms with E-state index in [4.69, 9.17) is 9.47 Å². The second-order valence-corrected chi connectivity index (χ2v) is 6.23. The Kier molecular flexibility index (Phi) is 4.66. The van der Waals surface area contributed by atoms with Crippen LogP contribution in [0.15, 0.2) is 41.9 Å². The van der Waals surface area contributed by atoms with E-state index < -0.39 is 0 Å². The number of thiazole rings is 1. The number of nitrogens with zero attached hydrogens (tertiary/aromatic N) is 1. The number of benzene rings is 2. The molecule has 0 aliphatic carbocycles. The number of methoxy groups -OCH3 is 2. The minimum absolute atomic E-state index is 0.118. The van der Waals surface area contributed by atoms with Gasteiger partial charge in [0, 0.05) is 5.56 Å². The Hall–Kier alpha value is -2.60. The SMILES string of the molecule is COc1ccc(C(C)NC(=O)c2ccc3ncsc3c2)cc1OC. The molecule has 1 unspecified atom stereocenters. The number of rotatable bonds is 5. The van der Waals surface area contributed by atoms with E-state index in [1.54, 1.807) is 25.8 Å². The predicted octanol–water partition coefficient (Wildman–Crippen LogP) is 3.80. The van der Waals surface area contributed by atoms with Crippen molar-refractivity contribution < 1.29 is 14.3 Å². The highest BCUT2D eigenvalue weighted by Crippen LogP contribution is 2.30. The highest BCUT2D eigenvalue weighted by atomic mass is 32.1. The summed E-state index contributed by atoms with van der Waals surface area (Å²) in [6.45, 7) is 1.93. The Morgan fingerprint density at radius 3 is 2.67 bits per heavy atom. The van der Waals surface area contributed by atoms with Crippen LogP contribution in [0.3, 0.4) is 0 Å². The molecule has 0 aliphatic rings. The number of hydrogen-bond donors (Lipinski definition) is 1. The van der Waals surface area contributed by atoms with Crippen molar-refractivity contribution in [2.24, 2.45) is 0 Å². The zero-order chi connectivity index (χ0) is 17.1. The normalized spacial score (nSPS) is 12.0. The maximum atomic E-state index is 12.5. The van der Waals surface area contributed by atoms with Crippen LogP contribution < -0.4 is 14.8 Å². The van der Waals surface area contributed by atoms with E-state index in [-0.39, 0.29) is 11.9 Å². The van der Waals surface area contributed by atoms with Gasteiger partial charge in [-0.15, -0.1) is 11.3 Å². The van der Waals surface area contributed by atoms with Gasteiger partial charge in [0.2, 0.25) is 0 Å². The van der Waals surface area contributed by atoms with E-state index >= 15 is 0 Å². The van der Waals surface area contributed by atoms with Crippen LogP contribution in [0.1, 0.15) is 28.9 Å². The smallest absolute Gasteiger partial charge is 0.251 e. The number of ether oxygens (including phenoxy) is 2. The molecule has 2 aromatic carbocycles. The topological polar surface area (TPSA) is 60.5 Å². The lowest BCUT2D eigenvalue weighted by molar-refractivity contribution is 0.0940. The fraction of sp³-hybridized carbons (Fsp3) is 0.222. The van der Waals surface area contributed by atoms with Gasteiger partial charge < -0.3 is 14.8 Å². The van der Waals surface area contributed by atoms with Crippen LogP contribution in [0.4, 0.5) is 0 Å². The summed E-state index contributed by atoms with van der Waals surface area (Å²) in [5, 5.41) is 3.01. The average Bonchev–Trinajstić information content (AvgIpc) is 3.08. The fourth-order valence-electron chi connectivity index (χ4n) is 2.48. The minimum Gasteiger partial charge on any atom is -0.493 e. The van der Waals surface area contributed by atoms with Crippen LogP contribution in [0.2, 0.25) is 0 Å². The summed E-state index contributed by atoms with van der Waals surface area (Å²) in [6, 6.07) is 11.0. The lowest BCUT2D eigenvalue weighted by Gasteiger charge is -2.16. The molecule has 1 atom stereocenters. The first-order valence-electron chi connectivity index (χ1n) is 7.48. The van der Waals surface area contributed by atoms with Crippen LogP contribution in [-0.2, 0) is 0 Å². The van der Waals surface area contributed by atoms with Crippen LogP contribution in [-0.4, -0.2) is 25.1 Å². The summed E-state index contributed by atoms with van der Waals surface area (Å²) in [7, 11) is 3.19. The molecule has 1 N–H and O–H groups in total. The Bertz CT molecular complexity index is 876. The van der Waals surface area contributed by atoms with Crippen molar-refractivity contribution in [3.8, 4) is 11.5 Å². The third kappa shape index (κ3) is 3.19. The number of amides is 1. The van der Waals surface area contributed by atoms with Gasteiger partial charge in [-0.2, -0.15) is 0 Å². The van der Waals surface area contributed by atoms with Gasteiger partial charge in [-0.25, -0.2) is 4.98 Å². The molecule has 0 spiro atoms. The first kappa shape index (κ1) is 16.3. The first-order chi connectivity index (χ1) is 11.6. The lowest BCUT2D eigenvalue weighted by atomic mass is 10.1. The summed E-state index contributed by atoms with van der Waals surface area (Å²) in [4.78, 5) is 16.7. The standard InChI is InChI=1S/C18H18N2O3S/c1-11(12-5-7-15(22-2)16(8-12)23-3)20-18(21)13-4-6-14-17(9-13)24-10-19-14/h4-11H,1-3H3,(H,20,21). The third-order valence-corrected chi connectivity index (χ3v) is 4.64. The molecule has 0 saturated heterocycles. The average molecular weight is 342 g/mol. The monoisotopic (exact) mass is 342 g/mol. The van der Waals surface area contributed by atoms with E-state index in [9.17, 15) is 4.79 Å². The number of aromatic nitrogens is 1. The van der Waals surface area contributed by atoms with E-state index in [0.29, 0.717) is 17.1 Å². The molecule has 6 heteroatoms. The van der Waals surface area contributed by atoms with Gasteiger partial charge in [-0.3, -0.25) is 4.79 Å². The highest BCUT2D eigenvalue weighted by Gasteiger charge is 2.14. The van der Waals surface area contributed by atoms with E-state index in [2.05, 4.69) is 10.3 Å². The second-order valence-electron chi connectivity index (χ2n) is 5.34.